The summed E-state index contributed by atoms with van der Waals surface area (Å²) >= 11 is 0. The van der Waals surface area contributed by atoms with Gasteiger partial charge in [-0.05, 0) is 78.4 Å². The quantitative estimate of drug-likeness (QED) is 0.612. The molecule has 0 spiro atoms. The smallest absolute Gasteiger partial charge is 0.306 e. The normalized spacial score (nSPS) is 54.6. The fourth-order valence-corrected chi connectivity index (χ4v) is 8.47. The highest BCUT2D eigenvalue weighted by molar-refractivity contribution is 5.71. The van der Waals surface area contributed by atoms with Gasteiger partial charge in [0.15, 0.2) is 0 Å². The van der Waals surface area contributed by atoms with Gasteiger partial charge in [-0.2, -0.15) is 0 Å². The molecule has 5 rings (SSSR count). The third kappa shape index (κ3) is 1.61. The van der Waals surface area contributed by atoms with Gasteiger partial charge in [0.05, 0.1) is 12.0 Å². The Balaban J connectivity index is 1.60. The van der Waals surface area contributed by atoms with Gasteiger partial charge >= 0.3 is 5.97 Å². The zero-order valence-electron chi connectivity index (χ0n) is 14.8. The summed E-state index contributed by atoms with van der Waals surface area (Å²) in [6.07, 6.45) is 11.0. The third-order valence-corrected chi connectivity index (χ3v) is 9.36. The highest BCUT2D eigenvalue weighted by Crippen LogP contribution is 2.78. The molecule has 5 aliphatic rings. The maximum absolute atomic E-state index is 12.0. The maximum Gasteiger partial charge on any atom is 0.306 e. The van der Waals surface area contributed by atoms with Gasteiger partial charge in [-0.1, -0.05) is 32.4 Å². The van der Waals surface area contributed by atoms with Crippen molar-refractivity contribution in [2.45, 2.75) is 58.5 Å². The van der Waals surface area contributed by atoms with Gasteiger partial charge in [-0.15, -0.1) is 0 Å². The number of hydrogen-bond acceptors (Lipinski definition) is 2. The monoisotopic (exact) mass is 330 g/mol. The second kappa shape index (κ2) is 4.66. The highest BCUT2D eigenvalue weighted by atomic mass is 16.4. The van der Waals surface area contributed by atoms with E-state index < -0.39 is 5.97 Å². The van der Waals surface area contributed by atoms with E-state index in [1.165, 1.54) is 6.42 Å². The number of rotatable bonds is 3. The van der Waals surface area contributed by atoms with Crippen LogP contribution in [0, 0.1) is 52.3 Å². The summed E-state index contributed by atoms with van der Waals surface area (Å²) < 4.78 is 0. The average molecular weight is 330 g/mol. The Morgan fingerprint density at radius 1 is 1.17 bits per heavy atom. The molecule has 0 aliphatic heterocycles. The van der Waals surface area contributed by atoms with E-state index in [-0.39, 0.29) is 22.9 Å². The van der Waals surface area contributed by atoms with Crippen LogP contribution in [-0.4, -0.2) is 22.3 Å². The van der Waals surface area contributed by atoms with Crippen molar-refractivity contribution in [3.05, 3.63) is 12.2 Å². The topological polar surface area (TPSA) is 57.5 Å². The van der Waals surface area contributed by atoms with Crippen LogP contribution in [0.5, 0.6) is 0 Å². The van der Waals surface area contributed by atoms with Gasteiger partial charge in [-0.25, -0.2) is 0 Å². The first-order valence-corrected chi connectivity index (χ1v) is 9.96. The molecule has 0 saturated heterocycles. The molecule has 132 valence electrons. The van der Waals surface area contributed by atoms with Crippen LogP contribution in [0.2, 0.25) is 0 Å². The van der Waals surface area contributed by atoms with Crippen LogP contribution in [0.15, 0.2) is 12.2 Å². The van der Waals surface area contributed by atoms with E-state index in [2.05, 4.69) is 26.0 Å². The highest BCUT2D eigenvalue weighted by Gasteiger charge is 2.73. The van der Waals surface area contributed by atoms with Gasteiger partial charge in [0.25, 0.3) is 0 Å². The van der Waals surface area contributed by atoms with E-state index in [0.717, 1.165) is 32.1 Å². The van der Waals surface area contributed by atoms with E-state index in [9.17, 15) is 15.0 Å². The van der Waals surface area contributed by atoms with Crippen molar-refractivity contribution >= 4 is 5.97 Å². The van der Waals surface area contributed by atoms with Gasteiger partial charge in [0, 0.05) is 0 Å². The van der Waals surface area contributed by atoms with Crippen LogP contribution in [-0.2, 0) is 4.79 Å². The first kappa shape index (κ1) is 15.4. The Labute approximate surface area is 144 Å². The first-order chi connectivity index (χ1) is 11.4. The molecule has 3 nitrogen and oxygen atoms in total. The Morgan fingerprint density at radius 3 is 2.58 bits per heavy atom. The number of aliphatic carboxylic acids is 1. The second-order valence-corrected chi connectivity index (χ2v) is 10.1. The second-order valence-electron chi connectivity index (χ2n) is 10.1. The van der Waals surface area contributed by atoms with E-state index in [4.69, 9.17) is 0 Å². The maximum atomic E-state index is 12.0. The number of fused-ring (bicyclic) bond motifs is 9. The molecule has 0 amide bonds. The van der Waals surface area contributed by atoms with Gasteiger partial charge in [0.1, 0.15) is 0 Å². The molecule has 9 unspecified atom stereocenters. The first-order valence-electron chi connectivity index (χ1n) is 9.96. The van der Waals surface area contributed by atoms with Crippen LogP contribution < -0.4 is 0 Å². The summed E-state index contributed by atoms with van der Waals surface area (Å²) in [6.45, 7) is 4.73. The van der Waals surface area contributed by atoms with E-state index in [1.807, 2.05) is 0 Å². The van der Waals surface area contributed by atoms with Gasteiger partial charge in [0.2, 0.25) is 0 Å². The van der Waals surface area contributed by atoms with E-state index in [1.54, 1.807) is 0 Å². The minimum Gasteiger partial charge on any atom is -0.481 e. The summed E-state index contributed by atoms with van der Waals surface area (Å²) in [6, 6.07) is 0. The van der Waals surface area contributed by atoms with E-state index in [0.29, 0.717) is 35.5 Å². The number of carboxylic acids is 1. The molecular formula is C21H30O3. The number of hydrogen-bond donors (Lipinski definition) is 2. The largest absolute Gasteiger partial charge is 0.481 e. The van der Waals surface area contributed by atoms with Crippen LogP contribution in [0.25, 0.3) is 0 Å². The molecule has 24 heavy (non-hydrogen) atoms. The van der Waals surface area contributed by atoms with Crippen molar-refractivity contribution in [1.82, 2.24) is 0 Å². The molecule has 3 heteroatoms. The van der Waals surface area contributed by atoms with Crippen molar-refractivity contribution < 1.29 is 15.0 Å². The Bertz CT molecular complexity index is 608. The number of carboxylic acid groups (broad SMARTS) is 1. The predicted molar refractivity (Wildman–Crippen MR) is 91.1 cm³/mol. The predicted octanol–water partition coefficient (Wildman–Crippen LogP) is 3.72. The molecule has 5 aliphatic carbocycles. The van der Waals surface area contributed by atoms with Crippen molar-refractivity contribution in [1.29, 1.82) is 0 Å². The van der Waals surface area contributed by atoms with Crippen molar-refractivity contribution in [3.63, 3.8) is 0 Å². The van der Waals surface area contributed by atoms with Crippen LogP contribution in [0.4, 0.5) is 0 Å². The number of aliphatic hydroxyl groups excluding tert-OH is 1. The summed E-state index contributed by atoms with van der Waals surface area (Å²) in [5.41, 5.74) is 0.147. The minimum absolute atomic E-state index is 0.0309. The third-order valence-electron chi connectivity index (χ3n) is 9.36. The number of allylic oxidation sites excluding steroid dienone is 2. The molecule has 4 fully saturated rings. The molecule has 9 atom stereocenters. The number of carbonyl (C=O) groups is 1. The zero-order valence-corrected chi connectivity index (χ0v) is 14.8. The zero-order chi connectivity index (χ0) is 16.9. The summed E-state index contributed by atoms with van der Waals surface area (Å²) in [5, 5.41) is 20.5. The lowest BCUT2D eigenvalue weighted by atomic mass is 9.50. The molecule has 0 aromatic heterocycles. The lowest BCUT2D eigenvalue weighted by Gasteiger charge is -2.54. The summed E-state index contributed by atoms with van der Waals surface area (Å²) in [7, 11) is 0. The molecule has 0 radical (unpaired) electrons. The van der Waals surface area contributed by atoms with Crippen molar-refractivity contribution in [2.24, 2.45) is 52.3 Å². The van der Waals surface area contributed by atoms with Crippen molar-refractivity contribution in [3.8, 4) is 0 Å². The molecule has 4 bridgehead atoms. The average Bonchev–Trinajstić information content (AvgIpc) is 3.31. The Morgan fingerprint density at radius 2 is 1.92 bits per heavy atom. The lowest BCUT2D eigenvalue weighted by Crippen LogP contribution is -2.51. The molecule has 4 saturated carbocycles. The Hall–Kier alpha value is -0.830. The minimum atomic E-state index is -0.574. The molecular weight excluding hydrogens is 300 g/mol. The lowest BCUT2D eigenvalue weighted by molar-refractivity contribution is -0.148. The Kier molecular flexibility index (Phi) is 3.00. The fraction of sp³-hybridized carbons (Fsp3) is 0.857. The van der Waals surface area contributed by atoms with Gasteiger partial charge < -0.3 is 10.2 Å². The van der Waals surface area contributed by atoms with Crippen LogP contribution in [0.1, 0.15) is 52.4 Å². The fourth-order valence-electron chi connectivity index (χ4n) is 8.47. The SMILES string of the molecule is CC(C)(C1CCCC1O)C12CC(C(=O)O)C(C1)C1C3C=CC(C3)C12. The van der Waals surface area contributed by atoms with E-state index >= 15 is 0 Å². The van der Waals surface area contributed by atoms with Crippen molar-refractivity contribution in [2.75, 3.05) is 0 Å². The van der Waals surface area contributed by atoms with Gasteiger partial charge in [-0.3, -0.25) is 4.79 Å². The molecule has 0 aromatic carbocycles. The van der Waals surface area contributed by atoms with Crippen LogP contribution in [0.3, 0.4) is 0 Å². The molecule has 2 N–H and O–H groups in total. The molecule has 0 heterocycles. The standard InChI is InChI=1S/C21H30O3/c1-20(2,15-4-3-5-16(15)22)21-9-13(14(10-21)19(23)24)17-11-6-7-12(8-11)18(17)21/h6-7,11-18,22H,3-5,8-10H2,1-2H3,(H,23,24). The summed E-state index contributed by atoms with van der Waals surface area (Å²) in [4.78, 5) is 12.0. The summed E-state index contributed by atoms with van der Waals surface area (Å²) in [5.74, 6) is 2.52. The number of aliphatic hydroxyl groups is 1. The molecule has 0 aromatic rings. The van der Waals surface area contributed by atoms with Crippen LogP contribution >= 0.6 is 0 Å².